The first-order valence-corrected chi connectivity index (χ1v) is 9.02. The number of hydrogen-bond donors (Lipinski definition) is 2. The lowest BCUT2D eigenvalue weighted by molar-refractivity contribution is -0.274. The second-order valence-corrected chi connectivity index (χ2v) is 6.45. The number of rotatable bonds is 7. The highest BCUT2D eigenvalue weighted by molar-refractivity contribution is 7.14. The summed E-state index contributed by atoms with van der Waals surface area (Å²) in [5.41, 5.74) is 1.85. The molecule has 1 aromatic carbocycles. The zero-order chi connectivity index (χ0) is 20.0. The van der Waals surface area contributed by atoms with Crippen LogP contribution in [0.25, 0.3) is 0 Å². The average Bonchev–Trinajstić information content (AvgIpc) is 3.12. The standard InChI is InChI=1S/C18H15F3N4O2S/c19-18(20,21)27-14-3-1-13(2-4-14)24-17-25-15(11-28-17)16(26)23-10-7-12-5-8-22-9-6-12/h1-6,8-9,11H,7,10H2,(H,23,26)(H,24,25). The van der Waals surface area contributed by atoms with Crippen molar-refractivity contribution in [3.05, 3.63) is 65.4 Å². The smallest absolute Gasteiger partial charge is 0.406 e. The zero-order valence-corrected chi connectivity index (χ0v) is 15.2. The molecule has 0 unspecified atom stereocenters. The molecule has 0 spiro atoms. The molecular weight excluding hydrogens is 393 g/mol. The SMILES string of the molecule is O=C(NCCc1ccncc1)c1csc(Nc2ccc(OC(F)(F)F)cc2)n1. The van der Waals surface area contributed by atoms with E-state index in [0.717, 1.165) is 5.56 Å². The quantitative estimate of drug-likeness (QED) is 0.614. The molecule has 146 valence electrons. The molecule has 0 aliphatic rings. The Morgan fingerprint density at radius 3 is 2.50 bits per heavy atom. The van der Waals surface area contributed by atoms with Crippen molar-refractivity contribution in [3.63, 3.8) is 0 Å². The lowest BCUT2D eigenvalue weighted by Crippen LogP contribution is -2.25. The molecule has 2 N–H and O–H groups in total. The molecule has 3 aromatic rings. The van der Waals surface area contributed by atoms with Gasteiger partial charge in [0.2, 0.25) is 0 Å². The number of nitrogens with one attached hydrogen (secondary N) is 2. The number of halogens is 3. The molecule has 0 radical (unpaired) electrons. The number of amides is 1. The van der Waals surface area contributed by atoms with E-state index in [0.29, 0.717) is 23.8 Å². The van der Waals surface area contributed by atoms with E-state index >= 15 is 0 Å². The third-order valence-corrected chi connectivity index (χ3v) is 4.28. The van der Waals surface area contributed by atoms with Crippen LogP contribution in [0.15, 0.2) is 54.2 Å². The molecule has 10 heteroatoms. The van der Waals surface area contributed by atoms with Crippen LogP contribution in [-0.2, 0) is 6.42 Å². The van der Waals surface area contributed by atoms with Gasteiger partial charge < -0.3 is 15.4 Å². The number of alkyl halides is 3. The maximum Gasteiger partial charge on any atom is 0.573 e. The summed E-state index contributed by atoms with van der Waals surface area (Å²) in [6.45, 7) is 0.462. The van der Waals surface area contributed by atoms with Gasteiger partial charge in [0.1, 0.15) is 11.4 Å². The number of anilines is 2. The summed E-state index contributed by atoms with van der Waals surface area (Å²) in [4.78, 5) is 20.3. The van der Waals surface area contributed by atoms with Crippen LogP contribution in [0, 0.1) is 0 Å². The van der Waals surface area contributed by atoms with Gasteiger partial charge in [0, 0.05) is 30.0 Å². The van der Waals surface area contributed by atoms with Gasteiger partial charge >= 0.3 is 6.36 Å². The van der Waals surface area contributed by atoms with Gasteiger partial charge in [-0.05, 0) is 48.4 Å². The topological polar surface area (TPSA) is 76.1 Å². The highest BCUT2D eigenvalue weighted by Crippen LogP contribution is 2.26. The molecule has 0 saturated heterocycles. The molecular formula is C18H15F3N4O2S. The molecule has 0 fully saturated rings. The van der Waals surface area contributed by atoms with Crippen molar-refractivity contribution in [1.29, 1.82) is 0 Å². The monoisotopic (exact) mass is 408 g/mol. The molecule has 2 aromatic heterocycles. The number of nitrogens with zero attached hydrogens (tertiary/aromatic N) is 2. The minimum absolute atomic E-state index is 0.263. The lowest BCUT2D eigenvalue weighted by atomic mass is 10.2. The van der Waals surface area contributed by atoms with Gasteiger partial charge in [-0.15, -0.1) is 24.5 Å². The number of ether oxygens (including phenoxy) is 1. The summed E-state index contributed by atoms with van der Waals surface area (Å²) in [5.74, 6) is -0.612. The summed E-state index contributed by atoms with van der Waals surface area (Å²) in [7, 11) is 0. The van der Waals surface area contributed by atoms with Gasteiger partial charge in [-0.3, -0.25) is 9.78 Å². The van der Waals surface area contributed by atoms with Gasteiger partial charge in [-0.1, -0.05) is 0 Å². The molecule has 3 rings (SSSR count). The highest BCUT2D eigenvalue weighted by atomic mass is 32.1. The lowest BCUT2D eigenvalue weighted by Gasteiger charge is -2.09. The van der Waals surface area contributed by atoms with Crippen LogP contribution in [-0.4, -0.2) is 28.8 Å². The van der Waals surface area contributed by atoms with Crippen molar-refractivity contribution in [2.45, 2.75) is 12.8 Å². The summed E-state index contributed by atoms with van der Waals surface area (Å²) in [5, 5.41) is 7.77. The van der Waals surface area contributed by atoms with Crippen molar-refractivity contribution in [3.8, 4) is 5.75 Å². The number of benzene rings is 1. The summed E-state index contributed by atoms with van der Waals surface area (Å²) in [6.07, 6.45) is -0.672. The van der Waals surface area contributed by atoms with E-state index in [4.69, 9.17) is 0 Å². The fraction of sp³-hybridized carbons (Fsp3) is 0.167. The van der Waals surface area contributed by atoms with E-state index in [-0.39, 0.29) is 17.4 Å². The number of carbonyl (C=O) groups excluding carboxylic acids is 1. The van der Waals surface area contributed by atoms with E-state index in [2.05, 4.69) is 25.3 Å². The number of pyridine rings is 1. The Kier molecular flexibility index (Phi) is 6.09. The van der Waals surface area contributed by atoms with Crippen LogP contribution in [0.3, 0.4) is 0 Å². The van der Waals surface area contributed by atoms with E-state index in [1.54, 1.807) is 17.8 Å². The Hall–Kier alpha value is -3.14. The van der Waals surface area contributed by atoms with Crippen LogP contribution >= 0.6 is 11.3 Å². The fourth-order valence-corrected chi connectivity index (χ4v) is 2.97. The minimum atomic E-state index is -4.73. The first-order valence-electron chi connectivity index (χ1n) is 8.14. The normalized spacial score (nSPS) is 11.1. The minimum Gasteiger partial charge on any atom is -0.406 e. The van der Waals surface area contributed by atoms with Crippen LogP contribution < -0.4 is 15.4 Å². The largest absolute Gasteiger partial charge is 0.573 e. The molecule has 2 heterocycles. The Labute approximate surface area is 162 Å². The summed E-state index contributed by atoms with van der Waals surface area (Å²) >= 11 is 1.21. The third kappa shape index (κ3) is 5.95. The average molecular weight is 408 g/mol. The molecule has 6 nitrogen and oxygen atoms in total. The van der Waals surface area contributed by atoms with Gasteiger partial charge in [0.05, 0.1) is 0 Å². The maximum atomic E-state index is 12.2. The van der Waals surface area contributed by atoms with Crippen LogP contribution in [0.5, 0.6) is 5.75 Å². The van der Waals surface area contributed by atoms with Gasteiger partial charge in [-0.25, -0.2) is 4.98 Å². The molecule has 0 aliphatic heterocycles. The van der Waals surface area contributed by atoms with Crippen molar-refractivity contribution in [2.75, 3.05) is 11.9 Å². The van der Waals surface area contributed by atoms with Crippen LogP contribution in [0.2, 0.25) is 0 Å². The number of hydrogen-bond acceptors (Lipinski definition) is 6. The van der Waals surface area contributed by atoms with Crippen LogP contribution in [0.1, 0.15) is 16.1 Å². The number of carbonyl (C=O) groups is 1. The second-order valence-electron chi connectivity index (χ2n) is 5.60. The second kappa shape index (κ2) is 8.70. The van der Waals surface area contributed by atoms with Crippen molar-refractivity contribution in [2.24, 2.45) is 0 Å². The molecule has 1 amide bonds. The van der Waals surface area contributed by atoms with Gasteiger partial charge in [-0.2, -0.15) is 0 Å². The van der Waals surface area contributed by atoms with Crippen molar-refractivity contribution < 1.29 is 22.7 Å². The third-order valence-electron chi connectivity index (χ3n) is 3.52. The predicted molar refractivity (Wildman–Crippen MR) is 98.8 cm³/mol. The van der Waals surface area contributed by atoms with E-state index in [1.807, 2.05) is 12.1 Å². The van der Waals surface area contributed by atoms with Gasteiger partial charge in [0.15, 0.2) is 5.13 Å². The van der Waals surface area contributed by atoms with Crippen molar-refractivity contribution in [1.82, 2.24) is 15.3 Å². The zero-order valence-electron chi connectivity index (χ0n) is 14.4. The van der Waals surface area contributed by atoms with Crippen LogP contribution in [0.4, 0.5) is 24.0 Å². The Morgan fingerprint density at radius 1 is 1.11 bits per heavy atom. The van der Waals surface area contributed by atoms with E-state index < -0.39 is 6.36 Å². The first-order chi connectivity index (χ1) is 13.4. The summed E-state index contributed by atoms with van der Waals surface area (Å²) in [6, 6.07) is 8.99. The van der Waals surface area contributed by atoms with Gasteiger partial charge in [0.25, 0.3) is 5.91 Å². The van der Waals surface area contributed by atoms with E-state index in [1.165, 1.54) is 35.6 Å². The molecule has 0 aliphatic carbocycles. The molecule has 28 heavy (non-hydrogen) atoms. The molecule has 0 atom stereocenters. The molecule has 0 saturated carbocycles. The fourth-order valence-electron chi connectivity index (χ4n) is 2.26. The maximum absolute atomic E-state index is 12.2. The Bertz CT molecular complexity index is 915. The number of aromatic nitrogens is 2. The van der Waals surface area contributed by atoms with E-state index in [9.17, 15) is 18.0 Å². The molecule has 0 bridgehead atoms. The highest BCUT2D eigenvalue weighted by Gasteiger charge is 2.30. The Morgan fingerprint density at radius 2 is 1.82 bits per heavy atom. The first kappa shape index (κ1) is 19.6. The number of thiazole rings is 1. The van der Waals surface area contributed by atoms with Crippen molar-refractivity contribution >= 4 is 28.1 Å². The predicted octanol–water partition coefficient (Wildman–Crippen LogP) is 4.15. The summed E-state index contributed by atoms with van der Waals surface area (Å²) < 4.78 is 40.3. The Balaban J connectivity index is 1.51.